The highest BCUT2D eigenvalue weighted by Gasteiger charge is 2.32. The van der Waals surface area contributed by atoms with Gasteiger partial charge in [-0.25, -0.2) is 0 Å². The van der Waals surface area contributed by atoms with E-state index in [9.17, 15) is 14.7 Å². The Bertz CT molecular complexity index is 758. The van der Waals surface area contributed by atoms with Gasteiger partial charge in [0.1, 0.15) is 6.10 Å². The van der Waals surface area contributed by atoms with Gasteiger partial charge in [0.2, 0.25) is 5.91 Å². The van der Waals surface area contributed by atoms with E-state index in [1.54, 1.807) is 23.2 Å². The molecule has 28 heavy (non-hydrogen) atoms. The third kappa shape index (κ3) is 5.11. The van der Waals surface area contributed by atoms with Gasteiger partial charge in [0.05, 0.1) is 5.92 Å². The molecule has 0 unspecified atom stereocenters. The number of thiophene rings is 1. The molecule has 1 fully saturated rings. The molecular formula is C21H27N3O3S. The van der Waals surface area contributed by atoms with Crippen LogP contribution in [0.5, 0.6) is 0 Å². The molecule has 1 aliphatic rings. The summed E-state index contributed by atoms with van der Waals surface area (Å²) < 4.78 is 0. The van der Waals surface area contributed by atoms with E-state index in [1.165, 1.54) is 4.88 Å². The minimum atomic E-state index is -1.31. The minimum Gasteiger partial charge on any atom is -0.382 e. The Kier molecular flexibility index (Phi) is 7.06. The molecule has 0 spiro atoms. The number of aliphatic hydroxyl groups excluding tert-OH is 1. The number of carbonyl (C=O) groups is 2. The average Bonchev–Trinajstić information content (AvgIpc) is 3.26. The van der Waals surface area contributed by atoms with Gasteiger partial charge in [0.25, 0.3) is 5.91 Å². The van der Waals surface area contributed by atoms with Crippen molar-refractivity contribution in [1.82, 2.24) is 10.2 Å². The van der Waals surface area contributed by atoms with E-state index in [-0.39, 0.29) is 11.8 Å². The second-order valence-electron chi connectivity index (χ2n) is 7.00. The number of carbonyl (C=O) groups excluding carboxylic acids is 2. The zero-order chi connectivity index (χ0) is 19.9. The molecule has 0 aliphatic carbocycles. The van der Waals surface area contributed by atoms with E-state index >= 15 is 0 Å². The van der Waals surface area contributed by atoms with Crippen molar-refractivity contribution < 1.29 is 14.7 Å². The molecule has 2 atom stereocenters. The first-order chi connectivity index (χ1) is 13.6. The van der Waals surface area contributed by atoms with Crippen molar-refractivity contribution in [2.24, 2.45) is 5.92 Å². The smallest absolute Gasteiger partial charge is 0.252 e. The molecule has 1 saturated heterocycles. The van der Waals surface area contributed by atoms with Crippen molar-refractivity contribution in [2.75, 3.05) is 37.6 Å². The molecule has 150 valence electrons. The monoisotopic (exact) mass is 401 g/mol. The number of hydrogen-bond acceptors (Lipinski definition) is 5. The first-order valence-electron chi connectivity index (χ1n) is 9.63. The standard InChI is InChI=1S/C21H27N3O3S/c1-16(20(26)22-10-9-18-8-5-15-28-18)19(25)21(27)24-13-11-23(12-14-24)17-6-3-2-4-7-17/h2-8,15-16,19,25H,9-14H2,1H3,(H,22,26)/t16-,19-/m1/s1. The van der Waals surface area contributed by atoms with Crippen LogP contribution < -0.4 is 10.2 Å². The summed E-state index contributed by atoms with van der Waals surface area (Å²) in [5.74, 6) is -1.43. The summed E-state index contributed by atoms with van der Waals surface area (Å²) in [6.07, 6.45) is -0.563. The largest absolute Gasteiger partial charge is 0.382 e. The number of anilines is 1. The van der Waals surface area contributed by atoms with E-state index in [1.807, 2.05) is 35.7 Å². The van der Waals surface area contributed by atoms with Gasteiger partial charge in [-0.15, -0.1) is 11.3 Å². The minimum absolute atomic E-state index is 0.291. The van der Waals surface area contributed by atoms with Gasteiger partial charge in [0, 0.05) is 43.3 Å². The molecule has 3 rings (SSSR count). The van der Waals surface area contributed by atoms with Crippen LogP contribution in [0.1, 0.15) is 11.8 Å². The molecule has 0 radical (unpaired) electrons. The van der Waals surface area contributed by atoms with Gasteiger partial charge in [-0.05, 0) is 30.0 Å². The fraction of sp³-hybridized carbons (Fsp3) is 0.429. The van der Waals surface area contributed by atoms with Crippen molar-refractivity contribution >= 4 is 28.8 Å². The molecule has 0 saturated carbocycles. The van der Waals surface area contributed by atoms with Gasteiger partial charge < -0.3 is 20.2 Å². The van der Waals surface area contributed by atoms with Crippen LogP contribution in [-0.2, 0) is 16.0 Å². The molecule has 1 aromatic heterocycles. The summed E-state index contributed by atoms with van der Waals surface area (Å²) in [5.41, 5.74) is 1.13. The van der Waals surface area contributed by atoms with Crippen LogP contribution in [0.3, 0.4) is 0 Å². The molecule has 7 heteroatoms. The molecule has 2 amide bonds. The number of amides is 2. The highest BCUT2D eigenvalue weighted by atomic mass is 32.1. The predicted octanol–water partition coefficient (Wildman–Crippen LogP) is 1.75. The van der Waals surface area contributed by atoms with E-state index < -0.39 is 12.0 Å². The molecular weight excluding hydrogens is 374 g/mol. The Morgan fingerprint density at radius 1 is 1.11 bits per heavy atom. The first kappa shape index (κ1) is 20.4. The highest BCUT2D eigenvalue weighted by Crippen LogP contribution is 2.17. The van der Waals surface area contributed by atoms with Crippen molar-refractivity contribution in [3.8, 4) is 0 Å². The summed E-state index contributed by atoms with van der Waals surface area (Å²) in [5, 5.41) is 15.2. The number of hydrogen-bond donors (Lipinski definition) is 2. The van der Waals surface area contributed by atoms with Gasteiger partial charge in [-0.2, -0.15) is 0 Å². The second-order valence-corrected chi connectivity index (χ2v) is 8.03. The molecule has 2 aromatic rings. The van der Waals surface area contributed by atoms with Crippen LogP contribution in [-0.4, -0.2) is 60.6 Å². The lowest BCUT2D eigenvalue weighted by Gasteiger charge is -2.37. The van der Waals surface area contributed by atoms with E-state index in [2.05, 4.69) is 22.3 Å². The molecule has 6 nitrogen and oxygen atoms in total. The van der Waals surface area contributed by atoms with Crippen LogP contribution in [0, 0.1) is 5.92 Å². The van der Waals surface area contributed by atoms with Crippen LogP contribution >= 0.6 is 11.3 Å². The summed E-state index contributed by atoms with van der Waals surface area (Å²) in [6.45, 7) is 4.60. The SMILES string of the molecule is C[C@@H](C(=O)NCCc1cccs1)[C@@H](O)C(=O)N1CCN(c2ccccc2)CC1. The Morgan fingerprint density at radius 2 is 1.82 bits per heavy atom. The fourth-order valence-corrected chi connectivity index (χ4v) is 4.00. The van der Waals surface area contributed by atoms with Crippen molar-refractivity contribution in [1.29, 1.82) is 0 Å². The van der Waals surface area contributed by atoms with Crippen molar-refractivity contribution in [3.63, 3.8) is 0 Å². The number of para-hydroxylation sites is 1. The molecule has 0 bridgehead atoms. The maximum Gasteiger partial charge on any atom is 0.252 e. The molecule has 1 aliphatic heterocycles. The lowest BCUT2D eigenvalue weighted by Crippen LogP contribution is -2.53. The molecule has 2 heterocycles. The number of piperazine rings is 1. The lowest BCUT2D eigenvalue weighted by atomic mass is 10.0. The van der Waals surface area contributed by atoms with Crippen molar-refractivity contribution in [2.45, 2.75) is 19.4 Å². The Morgan fingerprint density at radius 3 is 2.46 bits per heavy atom. The number of rotatable bonds is 7. The third-order valence-electron chi connectivity index (χ3n) is 5.10. The van der Waals surface area contributed by atoms with E-state index in [0.717, 1.165) is 12.1 Å². The van der Waals surface area contributed by atoms with E-state index in [0.29, 0.717) is 32.7 Å². The molecule has 2 N–H and O–H groups in total. The van der Waals surface area contributed by atoms with Gasteiger partial charge in [-0.3, -0.25) is 9.59 Å². The first-order valence-corrected chi connectivity index (χ1v) is 10.5. The zero-order valence-electron chi connectivity index (χ0n) is 16.1. The zero-order valence-corrected chi connectivity index (χ0v) is 16.9. The van der Waals surface area contributed by atoms with Crippen molar-refractivity contribution in [3.05, 3.63) is 52.7 Å². The second kappa shape index (κ2) is 9.71. The Balaban J connectivity index is 1.45. The topological polar surface area (TPSA) is 72.9 Å². The third-order valence-corrected chi connectivity index (χ3v) is 6.04. The van der Waals surface area contributed by atoms with Gasteiger partial charge in [0.15, 0.2) is 0 Å². The Labute approximate surface area is 169 Å². The summed E-state index contributed by atoms with van der Waals surface area (Å²) in [4.78, 5) is 30.0. The maximum atomic E-state index is 12.6. The number of nitrogens with zero attached hydrogens (tertiary/aromatic N) is 2. The van der Waals surface area contributed by atoms with Crippen LogP contribution in [0.2, 0.25) is 0 Å². The summed E-state index contributed by atoms with van der Waals surface area (Å²) >= 11 is 1.65. The van der Waals surface area contributed by atoms with Crippen LogP contribution in [0.25, 0.3) is 0 Å². The Hall–Kier alpha value is -2.38. The summed E-state index contributed by atoms with van der Waals surface area (Å²) in [7, 11) is 0. The lowest BCUT2D eigenvalue weighted by molar-refractivity contribution is -0.147. The fourth-order valence-electron chi connectivity index (χ4n) is 3.29. The predicted molar refractivity (Wildman–Crippen MR) is 111 cm³/mol. The molecule has 1 aromatic carbocycles. The number of benzene rings is 1. The maximum absolute atomic E-state index is 12.6. The number of aliphatic hydroxyl groups is 1. The van der Waals surface area contributed by atoms with E-state index in [4.69, 9.17) is 0 Å². The normalized spacial score (nSPS) is 16.5. The number of nitrogens with one attached hydrogen (secondary N) is 1. The van der Waals surface area contributed by atoms with Gasteiger partial charge in [-0.1, -0.05) is 31.2 Å². The quantitative estimate of drug-likeness (QED) is 0.742. The average molecular weight is 402 g/mol. The van der Waals surface area contributed by atoms with Gasteiger partial charge >= 0.3 is 0 Å². The highest BCUT2D eigenvalue weighted by molar-refractivity contribution is 7.09. The van der Waals surface area contributed by atoms with Crippen LogP contribution in [0.4, 0.5) is 5.69 Å². The summed E-state index contributed by atoms with van der Waals surface area (Å²) in [6, 6.07) is 14.1. The van der Waals surface area contributed by atoms with Crippen LogP contribution in [0.15, 0.2) is 47.8 Å².